The van der Waals surface area contributed by atoms with Gasteiger partial charge in [-0.2, -0.15) is 0 Å². The van der Waals surface area contributed by atoms with Crippen LogP contribution in [0.3, 0.4) is 0 Å². The Morgan fingerprint density at radius 1 is 1.35 bits per heavy atom. The predicted octanol–water partition coefficient (Wildman–Crippen LogP) is 3.26. The molecule has 126 valence electrons. The molecule has 1 fully saturated rings. The average Bonchev–Trinajstić information content (AvgIpc) is 2.82. The van der Waals surface area contributed by atoms with E-state index < -0.39 is 29.3 Å². The molecule has 0 radical (unpaired) electrons. The van der Waals surface area contributed by atoms with Crippen LogP contribution >= 0.6 is 15.9 Å². The molecule has 6 nitrogen and oxygen atoms in total. The Morgan fingerprint density at radius 3 is 2.48 bits per heavy atom. The predicted molar refractivity (Wildman–Crippen MR) is 87.2 cm³/mol. The van der Waals surface area contributed by atoms with Crippen molar-refractivity contribution in [2.24, 2.45) is 0 Å². The van der Waals surface area contributed by atoms with Crippen LogP contribution in [0.5, 0.6) is 0 Å². The molecule has 1 heterocycles. The van der Waals surface area contributed by atoms with Gasteiger partial charge in [-0.15, -0.1) is 0 Å². The number of hydrogen-bond acceptors (Lipinski definition) is 4. The zero-order valence-electron chi connectivity index (χ0n) is 13.3. The minimum Gasteiger partial charge on any atom is -0.479 e. The molecule has 23 heavy (non-hydrogen) atoms. The highest BCUT2D eigenvalue weighted by molar-refractivity contribution is 9.10. The van der Waals surface area contributed by atoms with Crippen molar-refractivity contribution >= 4 is 28.0 Å². The molecule has 0 spiro atoms. The molecule has 2 rings (SSSR count). The second-order valence-electron chi connectivity index (χ2n) is 6.46. The van der Waals surface area contributed by atoms with E-state index in [1.54, 1.807) is 45.0 Å². The van der Waals surface area contributed by atoms with E-state index in [0.29, 0.717) is 5.56 Å². The Balaban J connectivity index is 2.29. The van der Waals surface area contributed by atoms with E-state index in [-0.39, 0.29) is 13.0 Å². The quantitative estimate of drug-likeness (QED) is 0.833. The molecular weight excluding hydrogens is 366 g/mol. The van der Waals surface area contributed by atoms with Crippen LogP contribution < -0.4 is 5.32 Å². The van der Waals surface area contributed by atoms with Gasteiger partial charge in [0.2, 0.25) is 0 Å². The molecule has 0 saturated carbocycles. The molecular formula is C16H20BrNO5. The number of carboxylic acids is 1. The van der Waals surface area contributed by atoms with Crippen molar-refractivity contribution in [2.75, 3.05) is 6.61 Å². The molecule has 1 aromatic carbocycles. The highest BCUT2D eigenvalue weighted by Gasteiger charge is 2.53. The highest BCUT2D eigenvalue weighted by Crippen LogP contribution is 2.39. The van der Waals surface area contributed by atoms with Gasteiger partial charge in [0, 0.05) is 10.9 Å². The monoisotopic (exact) mass is 385 g/mol. The summed E-state index contributed by atoms with van der Waals surface area (Å²) < 4.78 is 11.7. The van der Waals surface area contributed by atoms with Crippen molar-refractivity contribution in [3.63, 3.8) is 0 Å². The fraction of sp³-hybridized carbons (Fsp3) is 0.500. The van der Waals surface area contributed by atoms with Crippen molar-refractivity contribution in [1.29, 1.82) is 0 Å². The topological polar surface area (TPSA) is 84.9 Å². The fourth-order valence-corrected chi connectivity index (χ4v) is 2.78. The Bertz CT molecular complexity index is 595. The van der Waals surface area contributed by atoms with E-state index >= 15 is 0 Å². The molecule has 0 aliphatic carbocycles. The summed E-state index contributed by atoms with van der Waals surface area (Å²) in [7, 11) is 0. The van der Waals surface area contributed by atoms with Gasteiger partial charge in [-0.3, -0.25) is 0 Å². The van der Waals surface area contributed by atoms with Gasteiger partial charge in [-0.05, 0) is 38.5 Å². The Labute approximate surface area is 143 Å². The van der Waals surface area contributed by atoms with Crippen molar-refractivity contribution in [1.82, 2.24) is 5.32 Å². The normalized spacial score (nSPS) is 24.3. The standard InChI is InChI=1S/C16H20BrNO5/c1-15(2,3)23-14(21)18-16(13(19)20)8-9-22-12(16)10-4-6-11(17)7-5-10/h4-7,12H,8-9H2,1-3H3,(H,18,21)(H,19,20)/t12-,16+/m0/s1. The minimum absolute atomic E-state index is 0.169. The number of carbonyl (C=O) groups excluding carboxylic acids is 1. The number of ether oxygens (including phenoxy) is 2. The molecule has 1 aliphatic rings. The number of carboxylic acid groups (broad SMARTS) is 1. The number of amides is 1. The van der Waals surface area contributed by atoms with Gasteiger partial charge in [0.05, 0.1) is 6.61 Å². The summed E-state index contributed by atoms with van der Waals surface area (Å²) in [6.45, 7) is 5.40. The summed E-state index contributed by atoms with van der Waals surface area (Å²) in [6, 6.07) is 7.15. The van der Waals surface area contributed by atoms with Gasteiger partial charge in [0.25, 0.3) is 0 Å². The summed E-state index contributed by atoms with van der Waals surface area (Å²) in [4.78, 5) is 24.0. The van der Waals surface area contributed by atoms with Crippen LogP contribution in [-0.4, -0.2) is 34.9 Å². The van der Waals surface area contributed by atoms with Crippen molar-refractivity contribution in [3.8, 4) is 0 Å². The molecule has 1 saturated heterocycles. The number of carbonyl (C=O) groups is 2. The molecule has 2 N–H and O–H groups in total. The lowest BCUT2D eigenvalue weighted by Crippen LogP contribution is -2.57. The molecule has 0 aromatic heterocycles. The van der Waals surface area contributed by atoms with Gasteiger partial charge in [-0.25, -0.2) is 9.59 Å². The number of nitrogens with one attached hydrogen (secondary N) is 1. The zero-order chi connectivity index (χ0) is 17.3. The summed E-state index contributed by atoms with van der Waals surface area (Å²) in [5, 5.41) is 12.3. The number of benzene rings is 1. The van der Waals surface area contributed by atoms with Gasteiger partial charge >= 0.3 is 12.1 Å². The van der Waals surface area contributed by atoms with Crippen molar-refractivity contribution in [2.45, 2.75) is 44.4 Å². The summed E-state index contributed by atoms with van der Waals surface area (Å²) in [6.07, 6.45) is -1.38. The lowest BCUT2D eigenvalue weighted by molar-refractivity contribution is -0.147. The van der Waals surface area contributed by atoms with Gasteiger partial charge in [-0.1, -0.05) is 28.1 Å². The third-order valence-corrected chi connectivity index (χ3v) is 4.04. The van der Waals surface area contributed by atoms with Crippen LogP contribution in [0.1, 0.15) is 38.9 Å². The van der Waals surface area contributed by atoms with Gasteiger partial charge < -0.3 is 19.9 Å². The van der Waals surface area contributed by atoms with Crippen molar-refractivity contribution in [3.05, 3.63) is 34.3 Å². The SMILES string of the molecule is CC(C)(C)OC(=O)N[C@]1(C(=O)O)CCO[C@H]1c1ccc(Br)cc1. The third-order valence-electron chi connectivity index (χ3n) is 3.51. The molecule has 7 heteroatoms. The summed E-state index contributed by atoms with van der Waals surface area (Å²) in [5.74, 6) is -1.14. The summed E-state index contributed by atoms with van der Waals surface area (Å²) in [5.41, 5.74) is -1.57. The number of rotatable bonds is 3. The van der Waals surface area contributed by atoms with Crippen LogP contribution in [0.2, 0.25) is 0 Å². The van der Waals surface area contributed by atoms with Crippen LogP contribution in [0.15, 0.2) is 28.7 Å². The maximum absolute atomic E-state index is 12.1. The molecule has 1 aliphatic heterocycles. The largest absolute Gasteiger partial charge is 0.479 e. The maximum Gasteiger partial charge on any atom is 0.408 e. The van der Waals surface area contributed by atoms with E-state index in [9.17, 15) is 14.7 Å². The Morgan fingerprint density at radius 2 is 1.96 bits per heavy atom. The number of alkyl carbamates (subject to hydrolysis) is 1. The molecule has 2 atom stereocenters. The molecule has 1 amide bonds. The van der Waals surface area contributed by atoms with Crippen LogP contribution in [0, 0.1) is 0 Å². The van der Waals surface area contributed by atoms with E-state index in [1.165, 1.54) is 0 Å². The maximum atomic E-state index is 12.1. The molecule has 0 bridgehead atoms. The number of hydrogen-bond donors (Lipinski definition) is 2. The van der Waals surface area contributed by atoms with Crippen molar-refractivity contribution < 1.29 is 24.2 Å². The van der Waals surface area contributed by atoms with Gasteiger partial charge in [0.1, 0.15) is 11.7 Å². The Hall–Kier alpha value is -1.60. The first-order valence-electron chi connectivity index (χ1n) is 7.26. The van der Waals surface area contributed by atoms with Crippen LogP contribution in [-0.2, 0) is 14.3 Å². The second kappa shape index (κ2) is 6.49. The first-order chi connectivity index (χ1) is 10.6. The van der Waals surface area contributed by atoms with Crippen LogP contribution in [0.25, 0.3) is 0 Å². The van der Waals surface area contributed by atoms with E-state index in [4.69, 9.17) is 9.47 Å². The van der Waals surface area contributed by atoms with E-state index in [1.807, 2.05) is 0 Å². The second-order valence-corrected chi connectivity index (χ2v) is 7.37. The zero-order valence-corrected chi connectivity index (χ0v) is 14.8. The lowest BCUT2D eigenvalue weighted by atomic mass is 9.87. The first-order valence-corrected chi connectivity index (χ1v) is 8.05. The van der Waals surface area contributed by atoms with E-state index in [0.717, 1.165) is 4.47 Å². The minimum atomic E-state index is -1.55. The Kier molecular flexibility index (Phi) is 5.01. The number of aliphatic carboxylic acids is 1. The fourth-order valence-electron chi connectivity index (χ4n) is 2.52. The van der Waals surface area contributed by atoms with Crippen LogP contribution in [0.4, 0.5) is 4.79 Å². The highest BCUT2D eigenvalue weighted by atomic mass is 79.9. The average molecular weight is 386 g/mol. The first kappa shape index (κ1) is 17.7. The molecule has 0 unspecified atom stereocenters. The smallest absolute Gasteiger partial charge is 0.408 e. The summed E-state index contributed by atoms with van der Waals surface area (Å²) >= 11 is 3.34. The molecule has 1 aromatic rings. The van der Waals surface area contributed by atoms with E-state index in [2.05, 4.69) is 21.2 Å². The third kappa shape index (κ3) is 4.03. The van der Waals surface area contributed by atoms with Gasteiger partial charge in [0.15, 0.2) is 5.54 Å². The number of halogens is 1. The lowest BCUT2D eigenvalue weighted by Gasteiger charge is -2.32.